The first-order valence-electron chi connectivity index (χ1n) is 6.86. The van der Waals surface area contributed by atoms with Gasteiger partial charge in [0.15, 0.2) is 10.8 Å². The number of nitrogens with zero attached hydrogens (tertiary/aromatic N) is 2. The first-order valence-corrected chi connectivity index (χ1v) is 7.68. The molecular weight excluding hydrogens is 272 g/mol. The number of rotatable bonds is 4. The van der Waals surface area contributed by atoms with Crippen molar-refractivity contribution in [1.82, 2.24) is 9.88 Å². The van der Waals surface area contributed by atoms with Crippen molar-refractivity contribution >= 4 is 17.2 Å². The predicted octanol–water partition coefficient (Wildman–Crippen LogP) is 3.58. The highest BCUT2D eigenvalue weighted by atomic mass is 32.1. The molecule has 0 aromatic carbocycles. The minimum atomic E-state index is 0.0101. The lowest BCUT2D eigenvalue weighted by atomic mass is 10.2. The summed E-state index contributed by atoms with van der Waals surface area (Å²) in [4.78, 5) is 19.8. The van der Waals surface area contributed by atoms with Gasteiger partial charge < -0.3 is 9.32 Å². The third-order valence-electron chi connectivity index (χ3n) is 3.97. The molecule has 1 atom stereocenters. The van der Waals surface area contributed by atoms with Gasteiger partial charge in [-0.1, -0.05) is 0 Å². The van der Waals surface area contributed by atoms with Crippen LogP contribution in [-0.4, -0.2) is 28.9 Å². The van der Waals surface area contributed by atoms with Crippen LogP contribution >= 0.6 is 11.3 Å². The summed E-state index contributed by atoms with van der Waals surface area (Å²) in [5, 5.41) is 0.767. The fourth-order valence-corrected chi connectivity index (χ4v) is 3.22. The van der Waals surface area contributed by atoms with Crippen LogP contribution in [0.25, 0.3) is 10.8 Å². The van der Waals surface area contributed by atoms with Gasteiger partial charge in [0.25, 0.3) is 5.91 Å². The molecule has 2 aromatic heterocycles. The summed E-state index contributed by atoms with van der Waals surface area (Å²) in [5.41, 5.74) is 0.552. The Labute approximate surface area is 122 Å². The molecule has 1 unspecified atom stereocenters. The number of furan rings is 1. The van der Waals surface area contributed by atoms with Gasteiger partial charge in [0.05, 0.1) is 6.26 Å². The molecule has 0 radical (unpaired) electrons. The molecule has 1 aliphatic carbocycles. The van der Waals surface area contributed by atoms with Gasteiger partial charge in [0, 0.05) is 18.0 Å². The first kappa shape index (κ1) is 13.4. The molecule has 1 saturated carbocycles. The summed E-state index contributed by atoms with van der Waals surface area (Å²) in [5.74, 6) is 1.39. The van der Waals surface area contributed by atoms with Crippen LogP contribution in [0.15, 0.2) is 22.8 Å². The van der Waals surface area contributed by atoms with Crippen molar-refractivity contribution < 1.29 is 9.21 Å². The molecule has 0 saturated heterocycles. The van der Waals surface area contributed by atoms with Gasteiger partial charge >= 0.3 is 0 Å². The predicted molar refractivity (Wildman–Crippen MR) is 78.8 cm³/mol. The number of aryl methyl sites for hydroxylation is 1. The molecule has 0 bridgehead atoms. The van der Waals surface area contributed by atoms with E-state index in [2.05, 4.69) is 11.9 Å². The Morgan fingerprint density at radius 2 is 2.30 bits per heavy atom. The van der Waals surface area contributed by atoms with Crippen LogP contribution in [0.5, 0.6) is 0 Å². The summed E-state index contributed by atoms with van der Waals surface area (Å²) in [6.45, 7) is 4.05. The first-order chi connectivity index (χ1) is 9.58. The van der Waals surface area contributed by atoms with E-state index in [-0.39, 0.29) is 11.9 Å². The van der Waals surface area contributed by atoms with Crippen molar-refractivity contribution in [3.63, 3.8) is 0 Å². The smallest absolute Gasteiger partial charge is 0.273 e. The number of hydrogen-bond donors (Lipinski definition) is 0. The van der Waals surface area contributed by atoms with E-state index in [1.165, 1.54) is 24.2 Å². The highest BCUT2D eigenvalue weighted by Gasteiger charge is 2.33. The zero-order valence-electron chi connectivity index (χ0n) is 11.9. The highest BCUT2D eigenvalue weighted by Crippen LogP contribution is 2.35. The Bertz CT molecular complexity index is 614. The van der Waals surface area contributed by atoms with Crippen LogP contribution in [-0.2, 0) is 0 Å². The molecule has 1 amide bonds. The second-order valence-electron chi connectivity index (χ2n) is 5.40. The minimum absolute atomic E-state index is 0.0101. The van der Waals surface area contributed by atoms with Gasteiger partial charge in [-0.15, -0.1) is 11.3 Å². The Morgan fingerprint density at radius 1 is 1.55 bits per heavy atom. The second kappa shape index (κ2) is 5.05. The number of carbonyl (C=O) groups excluding carboxylic acids is 1. The van der Waals surface area contributed by atoms with Crippen LogP contribution in [0, 0.1) is 12.8 Å². The Hall–Kier alpha value is -1.62. The van der Waals surface area contributed by atoms with E-state index in [1.807, 2.05) is 31.0 Å². The van der Waals surface area contributed by atoms with Crippen LogP contribution in [0.1, 0.15) is 35.1 Å². The lowest BCUT2D eigenvalue weighted by molar-refractivity contribution is 0.0721. The van der Waals surface area contributed by atoms with Crippen molar-refractivity contribution in [3.05, 3.63) is 29.0 Å². The molecule has 5 heteroatoms. The summed E-state index contributed by atoms with van der Waals surface area (Å²) in [7, 11) is 1.87. The molecule has 1 aliphatic rings. The molecule has 1 fully saturated rings. The van der Waals surface area contributed by atoms with Crippen LogP contribution in [0.2, 0.25) is 0 Å². The monoisotopic (exact) mass is 290 g/mol. The SMILES string of the molecule is Cc1sc(-c2ccco2)nc1C(=O)N(C)C(C)C1CC1. The Balaban J connectivity index is 1.84. The number of thiazole rings is 1. The zero-order chi connectivity index (χ0) is 14.3. The van der Waals surface area contributed by atoms with E-state index in [4.69, 9.17) is 4.42 Å². The molecule has 2 heterocycles. The van der Waals surface area contributed by atoms with Gasteiger partial charge in [0.1, 0.15) is 5.69 Å². The molecule has 2 aromatic rings. The molecular formula is C15H18N2O2S. The van der Waals surface area contributed by atoms with Crippen LogP contribution in [0.4, 0.5) is 0 Å². The molecule has 0 N–H and O–H groups in total. The fourth-order valence-electron chi connectivity index (χ4n) is 2.35. The van der Waals surface area contributed by atoms with E-state index >= 15 is 0 Å². The third kappa shape index (κ3) is 2.38. The quantitative estimate of drug-likeness (QED) is 0.864. The van der Waals surface area contributed by atoms with Crippen LogP contribution in [0.3, 0.4) is 0 Å². The second-order valence-corrected chi connectivity index (χ2v) is 6.60. The van der Waals surface area contributed by atoms with Crippen molar-refractivity contribution in [2.75, 3.05) is 7.05 Å². The maximum absolute atomic E-state index is 12.6. The Kier molecular flexibility index (Phi) is 3.38. The molecule has 0 spiro atoms. The number of amides is 1. The Morgan fingerprint density at radius 3 is 2.90 bits per heavy atom. The van der Waals surface area contributed by atoms with Gasteiger partial charge in [0.2, 0.25) is 0 Å². The van der Waals surface area contributed by atoms with Crippen molar-refractivity contribution in [1.29, 1.82) is 0 Å². The maximum atomic E-state index is 12.6. The number of aromatic nitrogens is 1. The average molecular weight is 290 g/mol. The highest BCUT2D eigenvalue weighted by molar-refractivity contribution is 7.15. The third-order valence-corrected chi connectivity index (χ3v) is 4.95. The van der Waals surface area contributed by atoms with Gasteiger partial charge in [-0.3, -0.25) is 4.79 Å². The summed E-state index contributed by atoms with van der Waals surface area (Å²) < 4.78 is 5.35. The number of hydrogen-bond acceptors (Lipinski definition) is 4. The topological polar surface area (TPSA) is 46.3 Å². The van der Waals surface area contributed by atoms with Crippen LogP contribution < -0.4 is 0 Å². The van der Waals surface area contributed by atoms with E-state index in [0.29, 0.717) is 11.6 Å². The maximum Gasteiger partial charge on any atom is 0.273 e. The van der Waals surface area contributed by atoms with Crippen molar-refractivity contribution in [2.24, 2.45) is 5.92 Å². The van der Waals surface area contributed by atoms with E-state index in [0.717, 1.165) is 15.6 Å². The van der Waals surface area contributed by atoms with Gasteiger partial charge in [-0.2, -0.15) is 0 Å². The summed E-state index contributed by atoms with van der Waals surface area (Å²) >= 11 is 1.50. The lowest BCUT2D eigenvalue weighted by Gasteiger charge is -2.24. The molecule has 3 rings (SSSR count). The average Bonchev–Trinajstić information content (AvgIpc) is 3.00. The standard InChI is InChI=1S/C15H18N2O2S/c1-9(11-6-7-11)17(3)15(18)13-10(2)20-14(16-13)12-5-4-8-19-12/h4-5,8-9,11H,6-7H2,1-3H3. The minimum Gasteiger partial charge on any atom is -0.462 e. The molecule has 0 aliphatic heterocycles. The van der Waals surface area contributed by atoms with E-state index in [9.17, 15) is 4.79 Å². The normalized spacial score (nSPS) is 16.1. The molecule has 106 valence electrons. The van der Waals surface area contributed by atoms with Crippen molar-refractivity contribution in [2.45, 2.75) is 32.7 Å². The van der Waals surface area contributed by atoms with E-state index < -0.39 is 0 Å². The zero-order valence-corrected chi connectivity index (χ0v) is 12.7. The van der Waals surface area contributed by atoms with Gasteiger partial charge in [-0.05, 0) is 44.7 Å². The lowest BCUT2D eigenvalue weighted by Crippen LogP contribution is -2.36. The molecule has 4 nitrogen and oxygen atoms in total. The van der Waals surface area contributed by atoms with E-state index in [1.54, 1.807) is 6.26 Å². The molecule has 20 heavy (non-hydrogen) atoms. The summed E-state index contributed by atoms with van der Waals surface area (Å²) in [6.07, 6.45) is 4.08. The summed E-state index contributed by atoms with van der Waals surface area (Å²) in [6, 6.07) is 3.98. The van der Waals surface area contributed by atoms with Gasteiger partial charge in [-0.25, -0.2) is 4.98 Å². The van der Waals surface area contributed by atoms with Crippen molar-refractivity contribution in [3.8, 4) is 10.8 Å². The fraction of sp³-hybridized carbons (Fsp3) is 0.467. The number of carbonyl (C=O) groups is 1. The largest absolute Gasteiger partial charge is 0.462 e.